The molecule has 4 rings (SSSR count). The molecule has 1 fully saturated rings. The Morgan fingerprint density at radius 2 is 1.64 bits per heavy atom. The van der Waals surface area contributed by atoms with Crippen LogP contribution in [0.4, 0.5) is 0 Å². The molecular formula is C19H23N3O5S. The lowest BCUT2D eigenvalue weighted by Gasteiger charge is -2.34. The van der Waals surface area contributed by atoms with Crippen LogP contribution in [0.15, 0.2) is 35.2 Å². The third-order valence-electron chi connectivity index (χ3n) is 5.27. The van der Waals surface area contributed by atoms with Gasteiger partial charge in [-0.1, -0.05) is 0 Å². The van der Waals surface area contributed by atoms with Gasteiger partial charge in [-0.15, -0.1) is 0 Å². The number of carbonyl (C=O) groups is 1. The normalized spacial score (nSPS) is 17.6. The van der Waals surface area contributed by atoms with E-state index in [9.17, 15) is 13.2 Å². The van der Waals surface area contributed by atoms with Crippen LogP contribution in [-0.4, -0.2) is 67.5 Å². The standard InChI is InChI=1S/C19H23N3O5S/c1-14-3-5-16(20(14)2)19(23)21-7-9-22(10-8-21)28(24,25)15-4-6-17-18(13-15)27-12-11-26-17/h3-6,13H,7-12H2,1-2H3. The summed E-state index contributed by atoms with van der Waals surface area (Å²) in [7, 11) is -1.81. The van der Waals surface area contributed by atoms with Crippen LogP contribution in [0.5, 0.6) is 11.5 Å². The summed E-state index contributed by atoms with van der Waals surface area (Å²) in [5.41, 5.74) is 1.61. The highest BCUT2D eigenvalue weighted by Gasteiger charge is 2.32. The van der Waals surface area contributed by atoms with E-state index in [1.807, 2.05) is 24.6 Å². The van der Waals surface area contributed by atoms with Crippen molar-refractivity contribution < 1.29 is 22.7 Å². The van der Waals surface area contributed by atoms with Crippen molar-refractivity contribution >= 4 is 15.9 Å². The minimum atomic E-state index is -3.66. The first-order valence-corrected chi connectivity index (χ1v) is 10.6. The molecule has 28 heavy (non-hydrogen) atoms. The Balaban J connectivity index is 1.47. The molecule has 2 aromatic rings. The van der Waals surface area contributed by atoms with E-state index in [-0.39, 0.29) is 23.9 Å². The van der Waals surface area contributed by atoms with Crippen LogP contribution in [0.1, 0.15) is 16.2 Å². The summed E-state index contributed by atoms with van der Waals surface area (Å²) in [5, 5.41) is 0. The van der Waals surface area contributed by atoms with E-state index in [0.717, 1.165) is 5.69 Å². The number of aryl methyl sites for hydroxylation is 1. The van der Waals surface area contributed by atoms with E-state index in [0.29, 0.717) is 43.5 Å². The molecule has 150 valence electrons. The molecule has 1 amide bonds. The Labute approximate surface area is 164 Å². The van der Waals surface area contributed by atoms with Crippen LogP contribution in [0, 0.1) is 6.92 Å². The van der Waals surface area contributed by atoms with Gasteiger partial charge in [-0.25, -0.2) is 8.42 Å². The average Bonchev–Trinajstić information content (AvgIpc) is 3.05. The van der Waals surface area contributed by atoms with Crippen molar-refractivity contribution in [2.75, 3.05) is 39.4 Å². The minimum absolute atomic E-state index is 0.0769. The number of rotatable bonds is 3. The summed E-state index contributed by atoms with van der Waals surface area (Å²) in [4.78, 5) is 14.6. The molecule has 1 aromatic heterocycles. The van der Waals surface area contributed by atoms with Gasteiger partial charge in [-0.2, -0.15) is 4.31 Å². The van der Waals surface area contributed by atoms with E-state index < -0.39 is 10.0 Å². The van der Waals surface area contributed by atoms with Gasteiger partial charge in [0.2, 0.25) is 10.0 Å². The molecular weight excluding hydrogens is 382 g/mol. The lowest BCUT2D eigenvalue weighted by Crippen LogP contribution is -2.50. The maximum Gasteiger partial charge on any atom is 0.270 e. The zero-order valence-corrected chi connectivity index (χ0v) is 16.7. The Hall–Kier alpha value is -2.52. The van der Waals surface area contributed by atoms with E-state index in [1.165, 1.54) is 16.4 Å². The molecule has 1 saturated heterocycles. The van der Waals surface area contributed by atoms with Gasteiger partial charge in [0.15, 0.2) is 11.5 Å². The van der Waals surface area contributed by atoms with Crippen molar-refractivity contribution in [3.05, 3.63) is 41.7 Å². The fourth-order valence-corrected chi connectivity index (χ4v) is 4.89. The van der Waals surface area contributed by atoms with Gasteiger partial charge in [-0.3, -0.25) is 4.79 Å². The topological polar surface area (TPSA) is 81.1 Å². The Morgan fingerprint density at radius 1 is 0.964 bits per heavy atom. The van der Waals surface area contributed by atoms with Crippen LogP contribution in [0.2, 0.25) is 0 Å². The number of sulfonamides is 1. The first-order valence-electron chi connectivity index (χ1n) is 9.19. The second kappa shape index (κ2) is 7.14. The van der Waals surface area contributed by atoms with E-state index in [4.69, 9.17) is 9.47 Å². The highest BCUT2D eigenvalue weighted by atomic mass is 32.2. The predicted molar refractivity (Wildman–Crippen MR) is 102 cm³/mol. The smallest absolute Gasteiger partial charge is 0.270 e. The molecule has 0 unspecified atom stereocenters. The number of aromatic nitrogens is 1. The average molecular weight is 405 g/mol. The molecule has 1 aromatic carbocycles. The van der Waals surface area contributed by atoms with Gasteiger partial charge in [0.1, 0.15) is 18.9 Å². The van der Waals surface area contributed by atoms with Gasteiger partial charge in [0.05, 0.1) is 4.90 Å². The number of fused-ring (bicyclic) bond motifs is 1. The zero-order valence-electron chi connectivity index (χ0n) is 15.9. The minimum Gasteiger partial charge on any atom is -0.486 e. The van der Waals surface area contributed by atoms with Gasteiger partial charge >= 0.3 is 0 Å². The number of amides is 1. The highest BCUT2D eigenvalue weighted by molar-refractivity contribution is 7.89. The first-order chi connectivity index (χ1) is 13.4. The number of hydrogen-bond acceptors (Lipinski definition) is 5. The van der Waals surface area contributed by atoms with E-state index >= 15 is 0 Å². The molecule has 9 heteroatoms. The number of piperazine rings is 1. The van der Waals surface area contributed by atoms with Crippen LogP contribution in [0.3, 0.4) is 0 Å². The lowest BCUT2D eigenvalue weighted by molar-refractivity contribution is 0.0688. The lowest BCUT2D eigenvalue weighted by atomic mass is 10.3. The van der Waals surface area contributed by atoms with Crippen molar-refractivity contribution in [2.24, 2.45) is 7.05 Å². The van der Waals surface area contributed by atoms with Crippen LogP contribution in [0.25, 0.3) is 0 Å². The quantitative estimate of drug-likeness (QED) is 0.768. The number of ether oxygens (including phenoxy) is 2. The largest absolute Gasteiger partial charge is 0.486 e. The van der Waals surface area contributed by atoms with E-state index in [2.05, 4.69) is 0 Å². The highest BCUT2D eigenvalue weighted by Crippen LogP contribution is 2.33. The molecule has 2 aliphatic rings. The molecule has 0 spiro atoms. The van der Waals surface area contributed by atoms with Gasteiger partial charge < -0.3 is 18.9 Å². The van der Waals surface area contributed by atoms with Gasteiger partial charge in [-0.05, 0) is 31.2 Å². The molecule has 0 bridgehead atoms. The maximum absolute atomic E-state index is 13.0. The van der Waals surface area contributed by atoms with Crippen molar-refractivity contribution in [3.63, 3.8) is 0 Å². The number of carbonyl (C=O) groups excluding carboxylic acids is 1. The first kappa shape index (κ1) is 18.8. The third-order valence-corrected chi connectivity index (χ3v) is 7.16. The second-order valence-corrected chi connectivity index (χ2v) is 8.86. The molecule has 2 aliphatic heterocycles. The van der Waals surface area contributed by atoms with Crippen molar-refractivity contribution in [3.8, 4) is 11.5 Å². The number of benzene rings is 1. The SMILES string of the molecule is Cc1ccc(C(=O)N2CCN(S(=O)(=O)c3ccc4c(c3)OCCO4)CC2)n1C. The predicted octanol–water partition coefficient (Wildman–Crippen LogP) is 1.25. The molecule has 0 N–H and O–H groups in total. The Bertz CT molecular complexity index is 1010. The maximum atomic E-state index is 13.0. The molecule has 0 aliphatic carbocycles. The molecule has 8 nitrogen and oxygen atoms in total. The second-order valence-electron chi connectivity index (χ2n) is 6.92. The van der Waals surface area contributed by atoms with E-state index in [1.54, 1.807) is 17.0 Å². The van der Waals surface area contributed by atoms with Crippen LogP contribution < -0.4 is 9.47 Å². The van der Waals surface area contributed by atoms with Crippen molar-refractivity contribution in [1.82, 2.24) is 13.8 Å². The summed E-state index contributed by atoms with van der Waals surface area (Å²) < 4.78 is 40.2. The van der Waals surface area contributed by atoms with Crippen LogP contribution in [-0.2, 0) is 17.1 Å². The summed E-state index contributed by atoms with van der Waals surface area (Å²) in [6.45, 7) is 4.01. The molecule has 0 radical (unpaired) electrons. The Kier molecular flexibility index (Phi) is 4.80. The summed E-state index contributed by atoms with van der Waals surface area (Å²) in [6, 6.07) is 8.37. The Morgan fingerprint density at radius 3 is 2.29 bits per heavy atom. The fraction of sp³-hybridized carbons (Fsp3) is 0.421. The number of nitrogens with zero attached hydrogens (tertiary/aromatic N) is 3. The molecule has 3 heterocycles. The summed E-state index contributed by atoms with van der Waals surface area (Å²) in [6.07, 6.45) is 0. The monoisotopic (exact) mass is 405 g/mol. The van der Waals surface area contributed by atoms with Gasteiger partial charge in [0, 0.05) is 45.0 Å². The van der Waals surface area contributed by atoms with Crippen molar-refractivity contribution in [2.45, 2.75) is 11.8 Å². The summed E-state index contributed by atoms with van der Waals surface area (Å²) in [5.74, 6) is 0.922. The fourth-order valence-electron chi connectivity index (χ4n) is 3.45. The van der Waals surface area contributed by atoms with Gasteiger partial charge in [0.25, 0.3) is 5.91 Å². The zero-order chi connectivity index (χ0) is 19.9. The summed E-state index contributed by atoms with van der Waals surface area (Å²) >= 11 is 0. The molecule has 0 atom stereocenters. The number of hydrogen-bond donors (Lipinski definition) is 0. The van der Waals surface area contributed by atoms with Crippen molar-refractivity contribution in [1.29, 1.82) is 0 Å². The molecule has 0 saturated carbocycles. The van der Waals surface area contributed by atoms with Crippen LogP contribution >= 0.6 is 0 Å². The third kappa shape index (κ3) is 3.24.